The third-order valence-corrected chi connectivity index (χ3v) is 3.96. The van der Waals surface area contributed by atoms with E-state index >= 15 is 0 Å². The fraction of sp³-hybridized carbons (Fsp3) is 0.167. The first-order chi connectivity index (χ1) is 12.4. The van der Waals surface area contributed by atoms with Gasteiger partial charge in [-0.15, -0.1) is 0 Å². The summed E-state index contributed by atoms with van der Waals surface area (Å²) in [6.07, 6.45) is 0. The first-order valence-corrected chi connectivity index (χ1v) is 8.33. The molecule has 0 amide bonds. The van der Waals surface area contributed by atoms with Crippen molar-refractivity contribution in [3.63, 3.8) is 0 Å². The minimum Gasteiger partial charge on any atom is -0.465 e. The molecule has 0 aliphatic heterocycles. The quantitative estimate of drug-likeness (QED) is 0.596. The minimum atomic E-state index is -0.551. The fourth-order valence-corrected chi connectivity index (χ4v) is 2.44. The highest BCUT2D eigenvalue weighted by molar-refractivity contribution is 7.80. The van der Waals surface area contributed by atoms with Crippen molar-refractivity contribution in [3.05, 3.63) is 64.2 Å². The van der Waals surface area contributed by atoms with E-state index < -0.39 is 11.9 Å². The number of thiocarbonyl (C=S) groups is 1. The lowest BCUT2D eigenvalue weighted by Crippen LogP contribution is -2.28. The fourth-order valence-electron chi connectivity index (χ4n) is 2.13. The molecule has 26 heavy (non-hydrogen) atoms. The molecule has 0 saturated carbocycles. The molecule has 0 heterocycles. The molecule has 2 aromatic carbocycles. The number of halogens is 1. The first-order valence-electron chi connectivity index (χ1n) is 7.54. The zero-order valence-electron chi connectivity index (χ0n) is 14.2. The molecular weight excluding hydrogens is 376 g/mol. The molecule has 0 aliphatic rings. The maximum atomic E-state index is 11.9. The summed E-state index contributed by atoms with van der Waals surface area (Å²) < 4.78 is 9.45. The largest absolute Gasteiger partial charge is 0.465 e. The minimum absolute atomic E-state index is 0.246. The van der Waals surface area contributed by atoms with Gasteiger partial charge in [-0.05, 0) is 48.1 Å². The van der Waals surface area contributed by atoms with Gasteiger partial charge < -0.3 is 20.1 Å². The molecule has 0 unspecified atom stereocenters. The molecule has 136 valence electrons. The molecule has 0 aromatic heterocycles. The second-order valence-corrected chi connectivity index (χ2v) is 6.02. The zero-order chi connectivity index (χ0) is 19.1. The third kappa shape index (κ3) is 5.18. The molecule has 2 N–H and O–H groups in total. The Labute approximate surface area is 161 Å². The summed E-state index contributed by atoms with van der Waals surface area (Å²) in [6.45, 7) is 0.466. The molecule has 2 rings (SSSR count). The van der Waals surface area contributed by atoms with E-state index in [9.17, 15) is 9.59 Å². The summed E-state index contributed by atoms with van der Waals surface area (Å²) in [5, 5.41) is 6.87. The van der Waals surface area contributed by atoms with E-state index in [4.69, 9.17) is 33.3 Å². The van der Waals surface area contributed by atoms with Gasteiger partial charge in [0.25, 0.3) is 0 Å². The van der Waals surface area contributed by atoms with Crippen molar-refractivity contribution < 1.29 is 19.1 Å². The lowest BCUT2D eigenvalue weighted by atomic mass is 10.1. The van der Waals surface area contributed by atoms with Gasteiger partial charge in [0.2, 0.25) is 0 Å². The molecule has 0 aliphatic carbocycles. The number of methoxy groups -OCH3 is 2. The third-order valence-electron chi connectivity index (χ3n) is 3.46. The molecule has 0 saturated heterocycles. The number of ether oxygens (including phenoxy) is 2. The Balaban J connectivity index is 2.14. The molecular formula is C18H17ClN2O4S. The summed E-state index contributed by atoms with van der Waals surface area (Å²) >= 11 is 11.1. The van der Waals surface area contributed by atoms with E-state index in [-0.39, 0.29) is 16.2 Å². The number of hydrogen-bond acceptors (Lipinski definition) is 5. The van der Waals surface area contributed by atoms with Crippen molar-refractivity contribution in [2.24, 2.45) is 0 Å². The summed E-state index contributed by atoms with van der Waals surface area (Å²) in [6, 6.07) is 11.7. The van der Waals surface area contributed by atoms with Gasteiger partial charge in [0, 0.05) is 11.6 Å². The summed E-state index contributed by atoms with van der Waals surface area (Å²) in [7, 11) is 2.55. The van der Waals surface area contributed by atoms with E-state index in [1.54, 1.807) is 12.1 Å². The zero-order valence-corrected chi connectivity index (χ0v) is 15.7. The van der Waals surface area contributed by atoms with Crippen LogP contribution in [-0.2, 0) is 16.0 Å². The van der Waals surface area contributed by atoms with E-state index in [0.717, 1.165) is 5.56 Å². The maximum absolute atomic E-state index is 11.9. The second-order valence-electron chi connectivity index (χ2n) is 5.18. The molecule has 0 radical (unpaired) electrons. The van der Waals surface area contributed by atoms with Crippen LogP contribution in [0.1, 0.15) is 26.3 Å². The van der Waals surface area contributed by atoms with Crippen molar-refractivity contribution >= 4 is 46.6 Å². The maximum Gasteiger partial charge on any atom is 0.339 e. The van der Waals surface area contributed by atoms with Gasteiger partial charge in [-0.2, -0.15) is 0 Å². The number of nitrogens with one attached hydrogen (secondary N) is 2. The molecule has 0 atom stereocenters. The van der Waals surface area contributed by atoms with Crippen molar-refractivity contribution in [1.82, 2.24) is 5.32 Å². The molecule has 2 aromatic rings. The van der Waals surface area contributed by atoms with Gasteiger partial charge in [-0.3, -0.25) is 0 Å². The molecule has 0 fully saturated rings. The topological polar surface area (TPSA) is 76.7 Å². The summed E-state index contributed by atoms with van der Waals surface area (Å²) in [5.74, 6) is -1.08. The predicted octanol–water partition coefficient (Wildman–Crippen LogP) is 3.40. The van der Waals surface area contributed by atoms with E-state index in [1.807, 2.05) is 12.1 Å². The Kier molecular flexibility index (Phi) is 6.94. The first kappa shape index (κ1) is 19.7. The van der Waals surface area contributed by atoms with Gasteiger partial charge in [0.1, 0.15) is 0 Å². The number of carbonyl (C=O) groups excluding carboxylic acids is 2. The monoisotopic (exact) mass is 392 g/mol. The van der Waals surface area contributed by atoms with Gasteiger partial charge in [0.05, 0.1) is 31.0 Å². The van der Waals surface area contributed by atoms with Crippen LogP contribution in [0.4, 0.5) is 5.69 Å². The predicted molar refractivity (Wildman–Crippen MR) is 104 cm³/mol. The van der Waals surface area contributed by atoms with Crippen molar-refractivity contribution in [3.8, 4) is 0 Å². The number of hydrogen-bond donors (Lipinski definition) is 2. The van der Waals surface area contributed by atoms with Gasteiger partial charge in [-0.1, -0.05) is 23.7 Å². The number of carbonyl (C=O) groups is 2. The molecule has 0 spiro atoms. The van der Waals surface area contributed by atoms with E-state index in [0.29, 0.717) is 17.3 Å². The Hall–Kier alpha value is -2.64. The number of esters is 2. The van der Waals surface area contributed by atoms with Gasteiger partial charge in [-0.25, -0.2) is 9.59 Å². The van der Waals surface area contributed by atoms with Crippen molar-refractivity contribution in [2.75, 3.05) is 19.5 Å². The highest BCUT2D eigenvalue weighted by Crippen LogP contribution is 2.20. The van der Waals surface area contributed by atoms with Crippen LogP contribution >= 0.6 is 23.8 Å². The summed E-state index contributed by atoms with van der Waals surface area (Å²) in [4.78, 5) is 23.6. The second kappa shape index (κ2) is 9.17. The molecule has 8 heteroatoms. The highest BCUT2D eigenvalue weighted by atomic mass is 35.5. The van der Waals surface area contributed by atoms with E-state index in [2.05, 4.69) is 10.6 Å². The van der Waals surface area contributed by atoms with Gasteiger partial charge >= 0.3 is 11.9 Å². The number of rotatable bonds is 5. The van der Waals surface area contributed by atoms with Gasteiger partial charge in [0.15, 0.2) is 5.11 Å². The Morgan fingerprint density at radius 2 is 1.69 bits per heavy atom. The van der Waals surface area contributed by atoms with Crippen LogP contribution in [0.5, 0.6) is 0 Å². The standard InChI is InChI=1S/C18H17ClN2O4S/c1-24-16(22)12-5-8-14(17(23)25-2)15(9-12)21-18(26)20-10-11-3-6-13(19)7-4-11/h3-9H,10H2,1-2H3,(H2,20,21,26). The lowest BCUT2D eigenvalue weighted by molar-refractivity contribution is 0.0587. The van der Waals surface area contributed by atoms with Crippen molar-refractivity contribution in [2.45, 2.75) is 6.54 Å². The van der Waals surface area contributed by atoms with Crippen LogP contribution in [0, 0.1) is 0 Å². The smallest absolute Gasteiger partial charge is 0.339 e. The van der Waals surface area contributed by atoms with E-state index in [1.165, 1.54) is 32.4 Å². The van der Waals surface area contributed by atoms with Crippen LogP contribution in [0.2, 0.25) is 5.02 Å². The lowest BCUT2D eigenvalue weighted by Gasteiger charge is -2.14. The highest BCUT2D eigenvalue weighted by Gasteiger charge is 2.16. The van der Waals surface area contributed by atoms with Crippen LogP contribution in [-0.4, -0.2) is 31.3 Å². The average Bonchev–Trinajstić information content (AvgIpc) is 2.66. The Morgan fingerprint density at radius 1 is 1.04 bits per heavy atom. The summed E-state index contributed by atoms with van der Waals surface area (Å²) in [5.41, 5.74) is 1.85. The number of benzene rings is 2. The van der Waals surface area contributed by atoms with Crippen LogP contribution < -0.4 is 10.6 Å². The van der Waals surface area contributed by atoms with Crippen LogP contribution in [0.25, 0.3) is 0 Å². The molecule has 0 bridgehead atoms. The Morgan fingerprint density at radius 3 is 2.31 bits per heavy atom. The number of anilines is 1. The Bertz CT molecular complexity index is 824. The molecule has 6 nitrogen and oxygen atoms in total. The average molecular weight is 393 g/mol. The SMILES string of the molecule is COC(=O)c1ccc(C(=O)OC)c(NC(=S)NCc2ccc(Cl)cc2)c1. The van der Waals surface area contributed by atoms with Crippen LogP contribution in [0.3, 0.4) is 0 Å². The normalized spacial score (nSPS) is 9.96. The van der Waals surface area contributed by atoms with Crippen LogP contribution in [0.15, 0.2) is 42.5 Å². The van der Waals surface area contributed by atoms with Crippen molar-refractivity contribution in [1.29, 1.82) is 0 Å².